The lowest BCUT2D eigenvalue weighted by Crippen LogP contribution is -2.58. The summed E-state index contributed by atoms with van der Waals surface area (Å²) in [6.07, 6.45) is 0.103. The third kappa shape index (κ3) is 8.25. The normalized spacial score (nSPS) is 19.4. The highest BCUT2D eigenvalue weighted by atomic mass is 32.1. The summed E-state index contributed by atoms with van der Waals surface area (Å²) in [5.41, 5.74) is 1.87. The maximum atomic E-state index is 13.2. The lowest BCUT2D eigenvalue weighted by Gasteiger charge is -2.38. The smallest absolute Gasteiger partial charge is 0.315 e. The molecule has 3 N–H and O–H groups in total. The number of nitrogens with zero attached hydrogens (tertiary/aromatic N) is 1. The highest BCUT2D eigenvalue weighted by Crippen LogP contribution is 2.29. The minimum Gasteiger partial charge on any atom is -0.491 e. The number of methoxy groups -OCH3 is 1. The Morgan fingerprint density at radius 2 is 1.93 bits per heavy atom. The van der Waals surface area contributed by atoms with Crippen molar-refractivity contribution in [3.8, 4) is 17.2 Å². The molecule has 0 aliphatic carbocycles. The fourth-order valence-corrected chi connectivity index (χ4v) is 5.65. The summed E-state index contributed by atoms with van der Waals surface area (Å²) in [4.78, 5) is 41.8. The predicted molar refractivity (Wildman–Crippen MR) is 161 cm³/mol. The summed E-state index contributed by atoms with van der Waals surface area (Å²) < 4.78 is 23.3. The molecule has 3 heterocycles. The molecule has 0 radical (unpaired) electrons. The van der Waals surface area contributed by atoms with Crippen molar-refractivity contribution in [2.24, 2.45) is 0 Å². The number of carbonyl (C=O) groups is 3. The zero-order chi connectivity index (χ0) is 30.2. The average molecular weight is 609 g/mol. The molecular weight excluding hydrogens is 572 g/mol. The third-order valence-electron chi connectivity index (χ3n) is 7.13. The van der Waals surface area contributed by atoms with Crippen molar-refractivity contribution >= 4 is 29.2 Å². The first-order chi connectivity index (χ1) is 20.9. The van der Waals surface area contributed by atoms with Crippen molar-refractivity contribution in [1.82, 2.24) is 20.9 Å². The Kier molecular flexibility index (Phi) is 10.1. The minimum atomic E-state index is -0.435. The van der Waals surface area contributed by atoms with Gasteiger partial charge in [-0.3, -0.25) is 9.59 Å². The summed E-state index contributed by atoms with van der Waals surface area (Å²) in [5.74, 6) is 1.08. The predicted octanol–water partition coefficient (Wildman–Crippen LogP) is 3.72. The molecule has 0 spiro atoms. The first-order valence-corrected chi connectivity index (χ1v) is 15.1. The van der Waals surface area contributed by atoms with Crippen LogP contribution < -0.4 is 25.4 Å². The van der Waals surface area contributed by atoms with E-state index >= 15 is 0 Å². The van der Waals surface area contributed by atoms with E-state index < -0.39 is 6.10 Å². The Bertz CT molecular complexity index is 1440. The van der Waals surface area contributed by atoms with Gasteiger partial charge in [-0.1, -0.05) is 12.1 Å². The number of nitrogens with one attached hydrogen (secondary N) is 3. The number of amides is 4. The molecule has 1 saturated heterocycles. The van der Waals surface area contributed by atoms with Crippen LogP contribution in [0.15, 0.2) is 53.9 Å². The van der Waals surface area contributed by atoms with Crippen LogP contribution >= 0.6 is 11.3 Å². The summed E-state index contributed by atoms with van der Waals surface area (Å²) in [6, 6.07) is 13.7. The van der Waals surface area contributed by atoms with Gasteiger partial charge in [0.15, 0.2) is 0 Å². The van der Waals surface area contributed by atoms with Gasteiger partial charge in [-0.05, 0) is 49.2 Å². The van der Waals surface area contributed by atoms with E-state index in [-0.39, 0.29) is 43.6 Å². The van der Waals surface area contributed by atoms with E-state index in [1.165, 1.54) is 11.3 Å². The van der Waals surface area contributed by atoms with Crippen LogP contribution in [0.25, 0.3) is 0 Å². The molecule has 2 aliphatic heterocycles. The topological polar surface area (TPSA) is 127 Å². The van der Waals surface area contributed by atoms with Gasteiger partial charge in [0.1, 0.15) is 23.9 Å². The number of likely N-dealkylation sites (tertiary alicyclic amines) is 1. The maximum absolute atomic E-state index is 13.2. The molecule has 0 unspecified atom stereocenters. The standard InChI is InChI=1S/C31H36N4O7S/c1-20-12-23(19-43-20)30(37)35-9-6-27-28(17-35)41-18-21-4-3-5-24(13-21)42-26-15-22(14-25(16-26)40-11-10-39-2)29(36)32-7-8-33-31(38)34-27/h3-5,12-16,19,27-28H,6-11,17-18H2,1-2H3,(H,32,36)(H2,33,34,38)/t27-,28-/m0/s1. The Hall–Kier alpha value is -4.13. The molecule has 1 aromatic heterocycles. The van der Waals surface area contributed by atoms with E-state index in [1.807, 2.05) is 42.6 Å². The van der Waals surface area contributed by atoms with Gasteiger partial charge in [-0.25, -0.2) is 4.79 Å². The molecule has 1 fully saturated rings. The van der Waals surface area contributed by atoms with Crippen LogP contribution in [0.2, 0.25) is 0 Å². The van der Waals surface area contributed by atoms with Gasteiger partial charge < -0.3 is 39.8 Å². The zero-order valence-corrected chi connectivity index (χ0v) is 25.0. The fraction of sp³-hybridized carbons (Fsp3) is 0.387. The number of rotatable bonds is 5. The minimum absolute atomic E-state index is 0.0470. The quantitative estimate of drug-likeness (QED) is 0.377. The first kappa shape index (κ1) is 30.3. The molecule has 0 saturated carbocycles. The van der Waals surface area contributed by atoms with Crippen molar-refractivity contribution in [2.45, 2.75) is 32.1 Å². The Morgan fingerprint density at radius 3 is 2.74 bits per heavy atom. The number of aryl methyl sites for hydroxylation is 1. The van der Waals surface area contributed by atoms with E-state index in [0.29, 0.717) is 61.1 Å². The van der Waals surface area contributed by atoms with Gasteiger partial charge in [0.05, 0.1) is 30.9 Å². The highest BCUT2D eigenvalue weighted by molar-refractivity contribution is 7.10. The van der Waals surface area contributed by atoms with Crippen LogP contribution in [-0.4, -0.2) is 81.4 Å². The van der Waals surface area contributed by atoms with Gasteiger partial charge in [0, 0.05) is 55.2 Å². The summed E-state index contributed by atoms with van der Waals surface area (Å²) in [7, 11) is 1.58. The van der Waals surface area contributed by atoms with E-state index in [1.54, 1.807) is 30.2 Å². The molecule has 43 heavy (non-hydrogen) atoms. The Balaban J connectivity index is 1.37. The van der Waals surface area contributed by atoms with E-state index in [0.717, 1.165) is 10.4 Å². The second kappa shape index (κ2) is 14.4. The van der Waals surface area contributed by atoms with E-state index in [9.17, 15) is 14.4 Å². The molecule has 2 aliphatic rings. The number of urea groups is 1. The summed E-state index contributed by atoms with van der Waals surface area (Å²) in [6.45, 7) is 4.18. The Morgan fingerprint density at radius 1 is 1.07 bits per heavy atom. The van der Waals surface area contributed by atoms with E-state index in [4.69, 9.17) is 18.9 Å². The number of carbonyl (C=O) groups excluding carboxylic acids is 3. The second-order valence-corrected chi connectivity index (χ2v) is 11.5. The van der Waals surface area contributed by atoms with Crippen molar-refractivity contribution in [2.75, 3.05) is 46.5 Å². The number of benzene rings is 2. The van der Waals surface area contributed by atoms with Crippen LogP contribution in [-0.2, 0) is 16.1 Å². The molecular formula is C31H36N4O7S. The van der Waals surface area contributed by atoms with Gasteiger partial charge in [0.2, 0.25) is 0 Å². The highest BCUT2D eigenvalue weighted by Gasteiger charge is 2.34. The molecule has 5 rings (SSSR count). The van der Waals surface area contributed by atoms with E-state index in [2.05, 4.69) is 16.0 Å². The van der Waals surface area contributed by atoms with Crippen LogP contribution in [0.5, 0.6) is 17.2 Å². The van der Waals surface area contributed by atoms with Gasteiger partial charge in [-0.15, -0.1) is 11.3 Å². The van der Waals surface area contributed by atoms with Gasteiger partial charge >= 0.3 is 6.03 Å². The first-order valence-electron chi connectivity index (χ1n) is 14.2. The number of piperidine rings is 1. The molecule has 11 nitrogen and oxygen atoms in total. The second-order valence-electron chi connectivity index (χ2n) is 10.4. The molecule has 3 aromatic rings. The molecule has 12 heteroatoms. The average Bonchev–Trinajstić information content (AvgIpc) is 3.44. The van der Waals surface area contributed by atoms with Crippen molar-refractivity contribution in [3.63, 3.8) is 0 Å². The number of hydrogen-bond donors (Lipinski definition) is 3. The van der Waals surface area contributed by atoms with Crippen LogP contribution in [0, 0.1) is 6.92 Å². The third-order valence-corrected chi connectivity index (χ3v) is 7.99. The molecule has 228 valence electrons. The largest absolute Gasteiger partial charge is 0.491 e. The fourth-order valence-electron chi connectivity index (χ4n) is 4.97. The van der Waals surface area contributed by atoms with Gasteiger partial charge in [-0.2, -0.15) is 0 Å². The number of ether oxygens (including phenoxy) is 4. The summed E-state index contributed by atoms with van der Waals surface area (Å²) >= 11 is 1.54. The van der Waals surface area contributed by atoms with Crippen molar-refractivity contribution in [3.05, 3.63) is 75.5 Å². The number of hydrogen-bond acceptors (Lipinski definition) is 8. The maximum Gasteiger partial charge on any atom is 0.315 e. The Labute approximate surface area is 254 Å². The molecule has 4 bridgehead atoms. The van der Waals surface area contributed by atoms with Crippen molar-refractivity contribution < 1.29 is 33.3 Å². The van der Waals surface area contributed by atoms with Crippen molar-refractivity contribution in [1.29, 1.82) is 0 Å². The number of thiophene rings is 1. The number of fused-ring (bicyclic) bond motifs is 5. The van der Waals surface area contributed by atoms with Crippen LogP contribution in [0.4, 0.5) is 4.79 Å². The lowest BCUT2D eigenvalue weighted by molar-refractivity contribution is -0.0235. The molecule has 2 atom stereocenters. The van der Waals surface area contributed by atoms with Gasteiger partial charge in [0.25, 0.3) is 11.8 Å². The zero-order valence-electron chi connectivity index (χ0n) is 24.2. The SMILES string of the molecule is COCCOc1cc2cc(c1)C(=O)NCCNC(=O)N[C@H]1CCN(C(=O)c3csc(C)c3)C[C@@H]1OCc1cccc(c1)O2. The van der Waals surface area contributed by atoms with Crippen LogP contribution in [0.1, 0.15) is 37.6 Å². The van der Waals surface area contributed by atoms with Crippen LogP contribution in [0.3, 0.4) is 0 Å². The monoisotopic (exact) mass is 608 g/mol. The molecule has 4 amide bonds. The summed E-state index contributed by atoms with van der Waals surface area (Å²) in [5, 5.41) is 10.5. The molecule has 2 aromatic carbocycles. The lowest BCUT2D eigenvalue weighted by atomic mass is 10.0.